The van der Waals surface area contributed by atoms with Crippen LogP contribution < -0.4 is 0 Å². The van der Waals surface area contributed by atoms with Gasteiger partial charge in [-0.3, -0.25) is 0 Å². The third kappa shape index (κ3) is 3.77. The van der Waals surface area contributed by atoms with E-state index in [1.807, 2.05) is 0 Å². The van der Waals surface area contributed by atoms with Crippen molar-refractivity contribution < 1.29 is 17.4 Å². The van der Waals surface area contributed by atoms with Gasteiger partial charge in [0.1, 0.15) is 0 Å². The maximum absolute atomic E-state index is 10.6. The SMILES string of the molecule is C=C(C)C(=O)OS(=O)(=O)CC. The summed E-state index contributed by atoms with van der Waals surface area (Å²) in [4.78, 5) is 10.6. The minimum atomic E-state index is -3.67. The van der Waals surface area contributed by atoms with E-state index in [0.29, 0.717) is 0 Å². The van der Waals surface area contributed by atoms with E-state index < -0.39 is 16.1 Å². The summed E-state index contributed by atoms with van der Waals surface area (Å²) in [6.07, 6.45) is 0. The normalized spacial score (nSPS) is 10.7. The molecular weight excluding hydrogens is 168 g/mol. The van der Waals surface area contributed by atoms with E-state index in [1.165, 1.54) is 13.8 Å². The molecule has 0 radical (unpaired) electrons. The quantitative estimate of drug-likeness (QED) is 0.465. The van der Waals surface area contributed by atoms with E-state index in [0.717, 1.165) is 0 Å². The van der Waals surface area contributed by atoms with Gasteiger partial charge in [-0.25, -0.2) is 4.79 Å². The van der Waals surface area contributed by atoms with Crippen LogP contribution in [0.25, 0.3) is 0 Å². The van der Waals surface area contributed by atoms with Crippen LogP contribution in [0.3, 0.4) is 0 Å². The molecule has 5 heteroatoms. The molecule has 0 unspecified atom stereocenters. The second-order valence-electron chi connectivity index (χ2n) is 2.00. The van der Waals surface area contributed by atoms with Crippen molar-refractivity contribution in [2.24, 2.45) is 0 Å². The lowest BCUT2D eigenvalue weighted by Crippen LogP contribution is -2.14. The molecule has 4 nitrogen and oxygen atoms in total. The first-order valence-corrected chi connectivity index (χ1v) is 4.58. The molecule has 0 heterocycles. The Morgan fingerprint density at radius 3 is 2.27 bits per heavy atom. The summed E-state index contributed by atoms with van der Waals surface area (Å²) < 4.78 is 25.3. The summed E-state index contributed by atoms with van der Waals surface area (Å²) in [7, 11) is -3.67. The fourth-order valence-electron chi connectivity index (χ4n) is 0.245. The van der Waals surface area contributed by atoms with Gasteiger partial charge < -0.3 is 4.18 Å². The molecule has 0 atom stereocenters. The van der Waals surface area contributed by atoms with E-state index in [9.17, 15) is 13.2 Å². The molecule has 0 saturated carbocycles. The zero-order chi connectivity index (χ0) is 9.07. The fourth-order valence-corrected chi connectivity index (χ4v) is 0.736. The van der Waals surface area contributed by atoms with Gasteiger partial charge in [-0.2, -0.15) is 8.42 Å². The first-order chi connectivity index (χ1) is 4.89. The maximum atomic E-state index is 10.6. The lowest BCUT2D eigenvalue weighted by atomic mass is 10.4. The Hall–Kier alpha value is -0.840. The number of hydrogen-bond acceptors (Lipinski definition) is 4. The fraction of sp³-hybridized carbons (Fsp3) is 0.500. The van der Waals surface area contributed by atoms with Gasteiger partial charge in [0.15, 0.2) is 0 Å². The van der Waals surface area contributed by atoms with Crippen LogP contribution in [-0.2, 0) is 19.1 Å². The third-order valence-corrected chi connectivity index (χ3v) is 2.02. The molecule has 0 spiro atoms. The number of rotatable bonds is 3. The van der Waals surface area contributed by atoms with Crippen molar-refractivity contribution in [3.05, 3.63) is 12.2 Å². The summed E-state index contributed by atoms with van der Waals surface area (Å²) in [5.74, 6) is -1.11. The van der Waals surface area contributed by atoms with Gasteiger partial charge in [0.2, 0.25) is 0 Å². The Morgan fingerprint density at radius 1 is 1.55 bits per heavy atom. The molecule has 0 aromatic carbocycles. The minimum Gasteiger partial charge on any atom is -0.342 e. The molecule has 0 saturated heterocycles. The van der Waals surface area contributed by atoms with Gasteiger partial charge in [-0.1, -0.05) is 6.58 Å². The topological polar surface area (TPSA) is 60.4 Å². The highest BCUT2D eigenvalue weighted by Crippen LogP contribution is 1.98. The minimum absolute atomic E-state index is 0.0713. The van der Waals surface area contributed by atoms with Crippen molar-refractivity contribution in [3.63, 3.8) is 0 Å². The Morgan fingerprint density at radius 2 is 2.00 bits per heavy atom. The number of carbonyl (C=O) groups excluding carboxylic acids is 1. The van der Waals surface area contributed by atoms with Crippen molar-refractivity contribution in [1.82, 2.24) is 0 Å². The molecular formula is C6H10O4S. The van der Waals surface area contributed by atoms with Gasteiger partial charge in [-0.15, -0.1) is 0 Å². The largest absolute Gasteiger partial charge is 0.348 e. The molecule has 0 amide bonds. The smallest absolute Gasteiger partial charge is 0.342 e. The van der Waals surface area contributed by atoms with E-state index in [4.69, 9.17) is 0 Å². The zero-order valence-corrected chi connectivity index (χ0v) is 7.27. The monoisotopic (exact) mass is 178 g/mol. The van der Waals surface area contributed by atoms with Gasteiger partial charge in [0.25, 0.3) is 0 Å². The Kier molecular flexibility index (Phi) is 3.25. The van der Waals surface area contributed by atoms with Crippen LogP contribution in [0.5, 0.6) is 0 Å². The summed E-state index contributed by atoms with van der Waals surface area (Å²) in [6, 6.07) is 0. The van der Waals surface area contributed by atoms with Crippen LogP contribution in [0, 0.1) is 0 Å². The maximum Gasteiger partial charge on any atom is 0.348 e. The molecule has 64 valence electrons. The van der Waals surface area contributed by atoms with E-state index in [2.05, 4.69) is 10.8 Å². The molecule has 0 aliphatic heterocycles. The highest BCUT2D eigenvalue weighted by molar-refractivity contribution is 7.87. The van der Waals surface area contributed by atoms with Gasteiger partial charge in [0.05, 0.1) is 5.75 Å². The second-order valence-corrected chi connectivity index (χ2v) is 3.86. The highest BCUT2D eigenvalue weighted by Gasteiger charge is 2.14. The van der Waals surface area contributed by atoms with Crippen LogP contribution in [0.15, 0.2) is 12.2 Å². The van der Waals surface area contributed by atoms with Crippen LogP contribution >= 0.6 is 0 Å². The first kappa shape index (κ1) is 10.2. The van der Waals surface area contributed by atoms with Crippen molar-refractivity contribution in [2.75, 3.05) is 5.75 Å². The van der Waals surface area contributed by atoms with E-state index >= 15 is 0 Å². The average molecular weight is 178 g/mol. The van der Waals surface area contributed by atoms with Crippen LogP contribution in [0.4, 0.5) is 0 Å². The highest BCUT2D eigenvalue weighted by atomic mass is 32.2. The molecule has 0 fully saturated rings. The van der Waals surface area contributed by atoms with Gasteiger partial charge >= 0.3 is 16.1 Å². The standard InChI is InChI=1S/C6H10O4S/c1-4-11(8,9)10-6(7)5(2)3/h2,4H2,1,3H3. The second kappa shape index (κ2) is 3.52. The number of hydrogen-bond donors (Lipinski definition) is 0. The molecule has 0 N–H and O–H groups in total. The Bertz CT molecular complexity index is 262. The van der Waals surface area contributed by atoms with Crippen molar-refractivity contribution in [3.8, 4) is 0 Å². The van der Waals surface area contributed by atoms with Crippen LogP contribution in [-0.4, -0.2) is 20.1 Å². The third-order valence-electron chi connectivity index (χ3n) is 0.905. The molecule has 11 heavy (non-hydrogen) atoms. The predicted octanol–water partition coefficient (Wildman–Crippen LogP) is 0.455. The average Bonchev–Trinajstić information content (AvgIpc) is 1.87. The lowest BCUT2D eigenvalue weighted by molar-refractivity contribution is -0.129. The van der Waals surface area contributed by atoms with Crippen molar-refractivity contribution >= 4 is 16.1 Å². The number of carbonyl (C=O) groups is 1. The van der Waals surface area contributed by atoms with Gasteiger partial charge in [-0.05, 0) is 13.8 Å². The predicted molar refractivity (Wildman–Crippen MR) is 40.4 cm³/mol. The van der Waals surface area contributed by atoms with Crippen molar-refractivity contribution in [2.45, 2.75) is 13.8 Å². The van der Waals surface area contributed by atoms with E-state index in [-0.39, 0.29) is 11.3 Å². The summed E-state index contributed by atoms with van der Waals surface area (Å²) in [5, 5.41) is 0. The molecule has 0 bridgehead atoms. The summed E-state index contributed by atoms with van der Waals surface area (Å²) in [6.45, 7) is 6.01. The molecule has 0 aromatic heterocycles. The molecule has 0 aromatic rings. The van der Waals surface area contributed by atoms with Crippen LogP contribution in [0.2, 0.25) is 0 Å². The summed E-state index contributed by atoms with van der Waals surface area (Å²) in [5.41, 5.74) is 0.0713. The van der Waals surface area contributed by atoms with E-state index in [1.54, 1.807) is 0 Å². The zero-order valence-electron chi connectivity index (χ0n) is 6.46. The molecule has 0 aliphatic carbocycles. The van der Waals surface area contributed by atoms with Crippen molar-refractivity contribution in [1.29, 1.82) is 0 Å². The summed E-state index contributed by atoms with van der Waals surface area (Å²) >= 11 is 0. The van der Waals surface area contributed by atoms with Gasteiger partial charge in [0, 0.05) is 5.57 Å². The Balaban J connectivity index is 4.29. The Labute approximate surface area is 66.0 Å². The molecule has 0 rings (SSSR count). The molecule has 0 aliphatic rings. The lowest BCUT2D eigenvalue weighted by Gasteiger charge is -2.00. The van der Waals surface area contributed by atoms with Crippen LogP contribution in [0.1, 0.15) is 13.8 Å². The first-order valence-electron chi connectivity index (χ1n) is 3.01.